The van der Waals surface area contributed by atoms with Gasteiger partial charge in [0, 0.05) is 22.1 Å². The van der Waals surface area contributed by atoms with Crippen LogP contribution in [0.15, 0.2) is 16.3 Å². The van der Waals surface area contributed by atoms with E-state index in [4.69, 9.17) is 10.7 Å². The molecule has 5 nitrogen and oxygen atoms in total. The fourth-order valence-electron chi connectivity index (χ4n) is 0.923. The maximum atomic E-state index is 11.5. The van der Waals surface area contributed by atoms with Crippen molar-refractivity contribution in [3.63, 3.8) is 0 Å². The topological polar surface area (TPSA) is 80.3 Å². The van der Waals surface area contributed by atoms with Gasteiger partial charge >= 0.3 is 0 Å². The van der Waals surface area contributed by atoms with Gasteiger partial charge in [0.2, 0.25) is 10.0 Å². The average Bonchev–Trinajstić information content (AvgIpc) is 2.62. The van der Waals surface area contributed by atoms with Crippen LogP contribution in [0.25, 0.3) is 0 Å². The van der Waals surface area contributed by atoms with Gasteiger partial charge in [-0.2, -0.15) is 0 Å². The van der Waals surface area contributed by atoms with E-state index in [2.05, 4.69) is 4.72 Å². The highest BCUT2D eigenvalue weighted by atomic mass is 35.7. The number of hydrogen-bond donors (Lipinski definition) is 1. The third kappa shape index (κ3) is 4.22. The van der Waals surface area contributed by atoms with Crippen molar-refractivity contribution in [1.29, 1.82) is 0 Å². The van der Waals surface area contributed by atoms with Crippen molar-refractivity contribution in [2.24, 2.45) is 0 Å². The van der Waals surface area contributed by atoms with E-state index in [0.717, 1.165) is 11.3 Å². The van der Waals surface area contributed by atoms with Crippen LogP contribution in [0.4, 0.5) is 0 Å². The van der Waals surface area contributed by atoms with E-state index in [-0.39, 0.29) is 10.8 Å². The molecule has 98 valence electrons. The molecule has 1 heterocycles. The van der Waals surface area contributed by atoms with Crippen molar-refractivity contribution in [2.45, 2.75) is 29.9 Å². The number of halogens is 1. The second-order valence-corrected chi connectivity index (χ2v) is 9.86. The van der Waals surface area contributed by atoms with Crippen LogP contribution in [0.1, 0.15) is 18.7 Å². The molecule has 0 aliphatic heterocycles. The van der Waals surface area contributed by atoms with Gasteiger partial charge in [-0.25, -0.2) is 21.6 Å². The maximum absolute atomic E-state index is 11.5. The molecule has 1 aromatic rings. The second-order valence-electron chi connectivity index (χ2n) is 3.57. The number of hydrogen-bond acceptors (Lipinski definition) is 5. The first kappa shape index (κ1) is 14.9. The van der Waals surface area contributed by atoms with Crippen molar-refractivity contribution >= 4 is 41.1 Å². The largest absolute Gasteiger partial charge is 0.270 e. The van der Waals surface area contributed by atoms with Crippen molar-refractivity contribution in [1.82, 2.24) is 4.72 Å². The molecule has 0 saturated heterocycles. The van der Waals surface area contributed by atoms with Gasteiger partial charge in [0.05, 0.1) is 5.25 Å². The molecule has 0 aliphatic rings. The Morgan fingerprint density at radius 2 is 1.88 bits per heavy atom. The van der Waals surface area contributed by atoms with Crippen LogP contribution in [0.5, 0.6) is 0 Å². The van der Waals surface area contributed by atoms with Gasteiger partial charge in [-0.3, -0.25) is 0 Å². The number of rotatable bonds is 5. The summed E-state index contributed by atoms with van der Waals surface area (Å²) in [5, 5.41) is -0.529. The molecule has 0 spiro atoms. The summed E-state index contributed by atoms with van der Waals surface area (Å²) in [6.07, 6.45) is 0. The first-order valence-corrected chi connectivity index (χ1v) is 9.32. The summed E-state index contributed by atoms with van der Waals surface area (Å²) in [6, 6.07) is 2.88. The molecule has 0 aromatic carbocycles. The SMILES string of the molecule is CC(C)S(=O)(=O)NCc1ccc(S(=O)(=O)Cl)s1. The highest BCUT2D eigenvalue weighted by molar-refractivity contribution is 8.15. The number of nitrogens with one attached hydrogen (secondary N) is 1. The molecular formula is C8H12ClNO4S3. The monoisotopic (exact) mass is 317 g/mol. The Kier molecular flexibility index (Phi) is 4.59. The fourth-order valence-corrected chi connectivity index (χ4v) is 3.77. The van der Waals surface area contributed by atoms with Crippen LogP contribution >= 0.6 is 22.0 Å². The zero-order valence-corrected chi connectivity index (χ0v) is 12.4. The van der Waals surface area contributed by atoms with Crippen LogP contribution in [-0.2, 0) is 25.6 Å². The smallest absolute Gasteiger partial charge is 0.212 e. The van der Waals surface area contributed by atoms with E-state index in [1.54, 1.807) is 13.8 Å². The Morgan fingerprint density at radius 1 is 1.29 bits per heavy atom. The van der Waals surface area contributed by atoms with E-state index in [9.17, 15) is 16.8 Å². The predicted molar refractivity (Wildman–Crippen MR) is 68.3 cm³/mol. The van der Waals surface area contributed by atoms with Gasteiger partial charge in [0.1, 0.15) is 4.21 Å². The molecule has 1 aromatic heterocycles. The Hall–Kier alpha value is -0.150. The van der Waals surface area contributed by atoms with Crippen LogP contribution < -0.4 is 4.72 Å². The molecule has 1 N–H and O–H groups in total. The van der Waals surface area contributed by atoms with Crippen LogP contribution in [0, 0.1) is 0 Å². The minimum atomic E-state index is -3.74. The lowest BCUT2D eigenvalue weighted by molar-refractivity contribution is 0.572. The van der Waals surface area contributed by atoms with Crippen LogP contribution in [0.3, 0.4) is 0 Å². The molecule has 0 saturated carbocycles. The highest BCUT2D eigenvalue weighted by Gasteiger charge is 2.17. The van der Waals surface area contributed by atoms with Crippen molar-refractivity contribution in [3.05, 3.63) is 17.0 Å². The minimum absolute atomic E-state index is 0.0120. The number of thiophene rings is 1. The van der Waals surface area contributed by atoms with E-state index in [1.165, 1.54) is 12.1 Å². The first-order valence-electron chi connectivity index (χ1n) is 4.65. The second kappa shape index (κ2) is 5.23. The molecule has 17 heavy (non-hydrogen) atoms. The van der Waals surface area contributed by atoms with Gasteiger partial charge in [-0.15, -0.1) is 11.3 Å². The van der Waals surface area contributed by atoms with Gasteiger partial charge in [-0.05, 0) is 26.0 Å². The van der Waals surface area contributed by atoms with Crippen molar-refractivity contribution < 1.29 is 16.8 Å². The summed E-state index contributed by atoms with van der Waals surface area (Å²) in [4.78, 5) is 0.591. The molecule has 0 fully saturated rings. The van der Waals surface area contributed by atoms with Crippen molar-refractivity contribution in [2.75, 3.05) is 0 Å². The van der Waals surface area contributed by atoms with Crippen LogP contribution in [-0.4, -0.2) is 22.1 Å². The third-order valence-electron chi connectivity index (χ3n) is 1.95. The average molecular weight is 318 g/mol. The molecule has 0 atom stereocenters. The normalized spacial score (nSPS) is 13.2. The lowest BCUT2D eigenvalue weighted by Gasteiger charge is -2.07. The summed E-state index contributed by atoms with van der Waals surface area (Å²) in [5.74, 6) is 0. The number of sulfonamides is 1. The lowest BCUT2D eigenvalue weighted by atomic mass is 10.5. The molecule has 0 amide bonds. The van der Waals surface area contributed by atoms with Gasteiger partial charge in [0.15, 0.2) is 0 Å². The Labute approximate surface area is 109 Å². The van der Waals surface area contributed by atoms with E-state index in [0.29, 0.717) is 4.88 Å². The Bertz CT molecular complexity index is 588. The molecule has 0 bridgehead atoms. The van der Waals surface area contributed by atoms with Gasteiger partial charge < -0.3 is 0 Å². The molecular weight excluding hydrogens is 306 g/mol. The van der Waals surface area contributed by atoms with Gasteiger partial charge in [-0.1, -0.05) is 0 Å². The molecule has 0 unspecified atom stereocenters. The molecule has 1 rings (SSSR count). The lowest BCUT2D eigenvalue weighted by Crippen LogP contribution is -2.29. The summed E-state index contributed by atoms with van der Waals surface area (Å²) in [6.45, 7) is 3.19. The zero-order valence-electron chi connectivity index (χ0n) is 9.17. The zero-order chi connectivity index (χ0) is 13.3. The van der Waals surface area contributed by atoms with Crippen LogP contribution in [0.2, 0.25) is 0 Å². The molecule has 9 heteroatoms. The van der Waals surface area contributed by atoms with E-state index >= 15 is 0 Å². The summed E-state index contributed by atoms with van der Waals surface area (Å²) < 4.78 is 47.3. The van der Waals surface area contributed by atoms with E-state index in [1.807, 2.05) is 0 Å². The highest BCUT2D eigenvalue weighted by Crippen LogP contribution is 2.24. The Morgan fingerprint density at radius 3 is 2.29 bits per heavy atom. The fraction of sp³-hybridized carbons (Fsp3) is 0.500. The first-order chi connectivity index (χ1) is 7.63. The van der Waals surface area contributed by atoms with E-state index < -0.39 is 24.3 Å². The molecule has 0 radical (unpaired) electrons. The van der Waals surface area contributed by atoms with Gasteiger partial charge in [0.25, 0.3) is 9.05 Å². The predicted octanol–water partition coefficient (Wildman–Crippen LogP) is 1.50. The summed E-state index contributed by atoms with van der Waals surface area (Å²) in [7, 11) is -1.93. The standard InChI is InChI=1S/C8H12ClNO4S3/c1-6(2)17(13,14)10-5-7-3-4-8(15-7)16(9,11)12/h3-4,6,10H,5H2,1-2H3. The quantitative estimate of drug-likeness (QED) is 0.835. The summed E-state index contributed by atoms with van der Waals surface area (Å²) in [5.41, 5.74) is 0. The Balaban J connectivity index is 2.76. The third-order valence-corrected chi connectivity index (χ3v) is 6.91. The maximum Gasteiger partial charge on any atom is 0.270 e. The summed E-state index contributed by atoms with van der Waals surface area (Å²) >= 11 is 0.945. The minimum Gasteiger partial charge on any atom is -0.212 e. The molecule has 0 aliphatic carbocycles. The van der Waals surface area contributed by atoms with Crippen molar-refractivity contribution in [3.8, 4) is 0 Å².